The summed E-state index contributed by atoms with van der Waals surface area (Å²) in [4.78, 5) is 75.9. The molecule has 1 aliphatic carbocycles. The van der Waals surface area contributed by atoms with Gasteiger partial charge < -0.3 is 29.6 Å². The molecule has 2 aromatic carbocycles. The Hall–Kier alpha value is -4.74. The number of nitrogens with one attached hydrogen (secondary N) is 2. The molecule has 0 aliphatic heterocycles. The lowest BCUT2D eigenvalue weighted by Gasteiger charge is -2.24. The molecule has 2 amide bonds. The molecule has 0 bridgehead atoms. The van der Waals surface area contributed by atoms with Crippen molar-refractivity contribution in [1.82, 2.24) is 10.6 Å². The van der Waals surface area contributed by atoms with Crippen molar-refractivity contribution >= 4 is 35.7 Å². The lowest BCUT2D eigenvalue weighted by molar-refractivity contribution is -0.146. The Morgan fingerprint density at radius 1 is 0.612 bits per heavy atom. The van der Waals surface area contributed by atoms with Crippen molar-refractivity contribution in [2.75, 3.05) is 13.2 Å². The molecule has 0 saturated carbocycles. The predicted molar refractivity (Wildman–Crippen MR) is 181 cm³/mol. The van der Waals surface area contributed by atoms with Crippen LogP contribution >= 0.6 is 0 Å². The highest BCUT2D eigenvalue weighted by atomic mass is 16.6. The SMILES string of the molecule is CC(C)C(NC(=O)OC(C)(C)C)C(=O)OCC(=O)c1ccc2c(c1)Cc1cc(C(=O)COC(=O)C(NC(=O)OC(C)(C)C)C(C)C)ccc1-2. The third kappa shape index (κ3) is 11.2. The predicted octanol–water partition coefficient (Wildman–Crippen LogP) is 5.81. The van der Waals surface area contributed by atoms with Gasteiger partial charge in [-0.1, -0.05) is 52.0 Å². The van der Waals surface area contributed by atoms with E-state index in [1.807, 2.05) is 12.1 Å². The van der Waals surface area contributed by atoms with Gasteiger partial charge in [0.05, 0.1) is 0 Å². The minimum absolute atomic E-state index is 0.310. The highest BCUT2D eigenvalue weighted by molar-refractivity contribution is 6.01. The van der Waals surface area contributed by atoms with Crippen LogP contribution in [0.4, 0.5) is 9.59 Å². The third-order valence-corrected chi connectivity index (χ3v) is 7.40. The molecule has 2 aromatic rings. The second kappa shape index (κ2) is 15.7. The summed E-state index contributed by atoms with van der Waals surface area (Å²) in [6.07, 6.45) is -1.06. The van der Waals surface area contributed by atoms with Gasteiger partial charge in [-0.05, 0) is 94.2 Å². The molecule has 12 nitrogen and oxygen atoms in total. The van der Waals surface area contributed by atoms with Crippen LogP contribution in [0.2, 0.25) is 0 Å². The van der Waals surface area contributed by atoms with Crippen molar-refractivity contribution in [2.45, 2.75) is 98.9 Å². The minimum atomic E-state index is -0.997. The lowest BCUT2D eigenvalue weighted by atomic mass is 10.0. The first-order chi connectivity index (χ1) is 22.6. The topological polar surface area (TPSA) is 163 Å². The largest absolute Gasteiger partial charge is 0.456 e. The van der Waals surface area contributed by atoms with E-state index in [4.69, 9.17) is 18.9 Å². The summed E-state index contributed by atoms with van der Waals surface area (Å²) in [6.45, 7) is 16.2. The quantitative estimate of drug-likeness (QED) is 0.136. The Bertz CT molecular complexity index is 1480. The summed E-state index contributed by atoms with van der Waals surface area (Å²) in [5, 5.41) is 5.03. The lowest BCUT2D eigenvalue weighted by Crippen LogP contribution is -2.47. The first kappa shape index (κ1) is 38.7. The number of benzene rings is 2. The average molecular weight is 681 g/mol. The van der Waals surface area contributed by atoms with E-state index in [-0.39, 0.29) is 11.8 Å². The number of ketones is 2. The molecule has 0 heterocycles. The number of esters is 2. The van der Waals surface area contributed by atoms with E-state index in [1.54, 1.807) is 93.5 Å². The van der Waals surface area contributed by atoms with Gasteiger partial charge in [0.1, 0.15) is 23.3 Å². The van der Waals surface area contributed by atoms with Crippen LogP contribution in [0.3, 0.4) is 0 Å². The molecule has 0 aromatic heterocycles. The maximum atomic E-state index is 13.0. The third-order valence-electron chi connectivity index (χ3n) is 7.40. The number of amides is 2. The molecule has 3 rings (SSSR count). The van der Waals surface area contributed by atoms with E-state index in [1.165, 1.54) is 0 Å². The number of carbonyl (C=O) groups is 6. The van der Waals surface area contributed by atoms with Crippen LogP contribution in [0.5, 0.6) is 0 Å². The molecule has 12 heteroatoms. The van der Waals surface area contributed by atoms with E-state index in [2.05, 4.69) is 10.6 Å². The van der Waals surface area contributed by atoms with Crippen molar-refractivity contribution < 1.29 is 47.7 Å². The standard InChI is InChI=1S/C37H48N2O10/c1-20(2)30(38-34(44)48-36(5,6)7)32(42)46-18-28(40)22-11-13-26-24(15-22)17-25-16-23(12-14-27(25)26)29(41)19-47-33(43)31(21(3)4)39-35(45)49-37(8,9)10/h11-16,20-21,30-31H,17-19H2,1-10H3,(H,38,44)(H,39,45). The second-order valence-electron chi connectivity index (χ2n) is 14.7. The summed E-state index contributed by atoms with van der Waals surface area (Å²) in [5.41, 5.74) is 2.75. The molecule has 0 spiro atoms. The van der Waals surface area contributed by atoms with Crippen LogP contribution in [0.1, 0.15) is 101 Å². The normalized spacial score (nSPS) is 13.5. The Morgan fingerprint density at radius 3 is 1.27 bits per heavy atom. The van der Waals surface area contributed by atoms with Crippen molar-refractivity contribution in [3.05, 3.63) is 58.7 Å². The molecule has 266 valence electrons. The molecule has 49 heavy (non-hydrogen) atoms. The Balaban J connectivity index is 1.60. The van der Waals surface area contributed by atoms with Gasteiger partial charge in [0.15, 0.2) is 24.8 Å². The Kier molecular flexibility index (Phi) is 12.4. The molecule has 2 unspecified atom stereocenters. The molecule has 0 radical (unpaired) electrons. The van der Waals surface area contributed by atoms with Crippen LogP contribution in [0.15, 0.2) is 36.4 Å². The molecule has 2 atom stereocenters. The van der Waals surface area contributed by atoms with Gasteiger partial charge in [0.2, 0.25) is 0 Å². The van der Waals surface area contributed by atoms with Crippen LogP contribution in [0, 0.1) is 11.8 Å². The maximum Gasteiger partial charge on any atom is 0.408 e. The zero-order chi connectivity index (χ0) is 36.8. The number of hydrogen-bond donors (Lipinski definition) is 2. The number of carbonyl (C=O) groups excluding carboxylic acids is 6. The molecule has 2 N–H and O–H groups in total. The zero-order valence-corrected chi connectivity index (χ0v) is 30.0. The van der Waals surface area contributed by atoms with E-state index >= 15 is 0 Å². The summed E-state index contributed by atoms with van der Waals surface area (Å²) in [7, 11) is 0. The highest BCUT2D eigenvalue weighted by Crippen LogP contribution is 2.37. The fraction of sp³-hybridized carbons (Fsp3) is 0.514. The average Bonchev–Trinajstić information content (AvgIpc) is 3.34. The molecule has 0 saturated heterocycles. The van der Waals surface area contributed by atoms with Gasteiger partial charge in [-0.2, -0.15) is 0 Å². The second-order valence-corrected chi connectivity index (χ2v) is 14.7. The van der Waals surface area contributed by atoms with Gasteiger partial charge in [0, 0.05) is 11.1 Å². The van der Waals surface area contributed by atoms with Gasteiger partial charge >= 0.3 is 24.1 Å². The smallest absolute Gasteiger partial charge is 0.408 e. The minimum Gasteiger partial charge on any atom is -0.456 e. The maximum absolute atomic E-state index is 13.0. The van der Waals surface area contributed by atoms with Gasteiger partial charge in [-0.25, -0.2) is 19.2 Å². The zero-order valence-electron chi connectivity index (χ0n) is 30.0. The number of rotatable bonds is 12. The number of ether oxygens (including phenoxy) is 4. The summed E-state index contributed by atoms with van der Waals surface area (Å²) >= 11 is 0. The van der Waals surface area contributed by atoms with Crippen molar-refractivity contribution in [3.8, 4) is 11.1 Å². The Labute approximate surface area is 287 Å². The summed E-state index contributed by atoms with van der Waals surface area (Å²) in [5.74, 6) is -2.93. The monoisotopic (exact) mass is 680 g/mol. The van der Waals surface area contributed by atoms with Crippen LogP contribution in [-0.4, -0.2) is 72.2 Å². The van der Waals surface area contributed by atoms with Crippen molar-refractivity contribution in [3.63, 3.8) is 0 Å². The molecule has 1 aliphatic rings. The van der Waals surface area contributed by atoms with E-state index in [0.29, 0.717) is 17.5 Å². The van der Waals surface area contributed by atoms with Crippen LogP contribution in [0.25, 0.3) is 11.1 Å². The van der Waals surface area contributed by atoms with Crippen LogP contribution < -0.4 is 10.6 Å². The summed E-state index contributed by atoms with van der Waals surface area (Å²) in [6, 6.07) is 8.39. The fourth-order valence-electron chi connectivity index (χ4n) is 5.04. The van der Waals surface area contributed by atoms with Crippen LogP contribution in [-0.2, 0) is 35.0 Å². The van der Waals surface area contributed by atoms with E-state index in [0.717, 1.165) is 22.3 Å². The van der Waals surface area contributed by atoms with Crippen molar-refractivity contribution in [2.24, 2.45) is 11.8 Å². The molecular formula is C37H48N2O10. The first-order valence-electron chi connectivity index (χ1n) is 16.3. The van der Waals surface area contributed by atoms with Gasteiger partial charge in [-0.3, -0.25) is 9.59 Å². The molecular weight excluding hydrogens is 632 g/mol. The van der Waals surface area contributed by atoms with E-state index < -0.39 is 72.2 Å². The van der Waals surface area contributed by atoms with E-state index in [9.17, 15) is 28.8 Å². The van der Waals surface area contributed by atoms with Crippen molar-refractivity contribution in [1.29, 1.82) is 0 Å². The fourth-order valence-corrected chi connectivity index (χ4v) is 5.04. The number of fused-ring (bicyclic) bond motifs is 3. The first-order valence-corrected chi connectivity index (χ1v) is 16.3. The highest BCUT2D eigenvalue weighted by Gasteiger charge is 2.31. The number of hydrogen-bond acceptors (Lipinski definition) is 10. The molecule has 0 fully saturated rings. The summed E-state index contributed by atoms with van der Waals surface area (Å²) < 4.78 is 21.0. The number of alkyl carbamates (subject to hydrolysis) is 2. The Morgan fingerprint density at radius 2 is 0.959 bits per heavy atom. The van der Waals surface area contributed by atoms with Gasteiger partial charge in [0.25, 0.3) is 0 Å². The number of Topliss-reactive ketones (excluding diaryl/α,β-unsaturated/α-hetero) is 2. The van der Waals surface area contributed by atoms with Gasteiger partial charge in [-0.15, -0.1) is 0 Å².